The molecule has 1 aliphatic rings. The van der Waals surface area contributed by atoms with E-state index in [1.165, 1.54) is 0 Å². The minimum absolute atomic E-state index is 0.154. The van der Waals surface area contributed by atoms with Crippen LogP contribution in [0, 0.1) is 23.2 Å². The topological polar surface area (TPSA) is 122 Å². The van der Waals surface area contributed by atoms with Gasteiger partial charge in [-0.1, -0.05) is 34.6 Å². The van der Waals surface area contributed by atoms with Gasteiger partial charge in [-0.25, -0.2) is 0 Å². The molecule has 3 atom stereocenters. The molecule has 0 aromatic heterocycles. The molecule has 1 rings (SSSR count). The average Bonchev–Trinajstić information content (AvgIpc) is 3.19. The number of hydrogen-bond donors (Lipinski definition) is 4. The van der Waals surface area contributed by atoms with Crippen LogP contribution < -0.4 is 16.4 Å². The Balaban J connectivity index is 3.03. The summed E-state index contributed by atoms with van der Waals surface area (Å²) in [6.07, 6.45) is 0.583. The minimum atomic E-state index is -1.04. The van der Waals surface area contributed by atoms with Crippen LogP contribution in [0.15, 0.2) is 0 Å². The van der Waals surface area contributed by atoms with Gasteiger partial charge in [0.15, 0.2) is 0 Å². The first-order valence-corrected chi connectivity index (χ1v) is 8.50. The summed E-state index contributed by atoms with van der Waals surface area (Å²) >= 11 is 0. The van der Waals surface area contributed by atoms with Crippen LogP contribution in [0.25, 0.3) is 0 Å². The zero-order valence-electron chi connectivity index (χ0n) is 15.3. The number of aliphatic hydroxyl groups excluding tert-OH is 1. The first-order chi connectivity index (χ1) is 10.9. The average molecular weight is 341 g/mol. The van der Waals surface area contributed by atoms with E-state index in [1.807, 2.05) is 20.8 Å². The van der Waals surface area contributed by atoms with Crippen molar-refractivity contribution in [1.82, 2.24) is 10.6 Å². The van der Waals surface area contributed by atoms with Crippen molar-refractivity contribution in [2.45, 2.75) is 66.2 Å². The quantitative estimate of drug-likeness (QED) is 0.481. The van der Waals surface area contributed by atoms with Crippen LogP contribution in [0.4, 0.5) is 0 Å². The van der Waals surface area contributed by atoms with Gasteiger partial charge in [-0.3, -0.25) is 14.4 Å². The number of carbonyl (C=O) groups excluding carboxylic acids is 3. The van der Waals surface area contributed by atoms with Crippen LogP contribution in [0.2, 0.25) is 0 Å². The van der Waals surface area contributed by atoms with Crippen LogP contribution in [-0.2, 0) is 14.4 Å². The second kappa shape index (κ2) is 7.96. The van der Waals surface area contributed by atoms with Crippen LogP contribution in [0.1, 0.15) is 53.9 Å². The molecule has 1 fully saturated rings. The fourth-order valence-corrected chi connectivity index (χ4v) is 2.70. The van der Waals surface area contributed by atoms with Gasteiger partial charge in [0.2, 0.25) is 17.7 Å². The molecule has 138 valence electrons. The van der Waals surface area contributed by atoms with Gasteiger partial charge in [-0.05, 0) is 24.2 Å². The molecule has 7 heteroatoms. The van der Waals surface area contributed by atoms with Gasteiger partial charge in [0.1, 0.15) is 6.23 Å². The van der Waals surface area contributed by atoms with E-state index in [0.29, 0.717) is 0 Å². The Morgan fingerprint density at radius 3 is 2.08 bits per heavy atom. The number of hydrogen-bond acceptors (Lipinski definition) is 4. The number of nitrogens with two attached hydrogens (primary N) is 1. The van der Waals surface area contributed by atoms with Crippen molar-refractivity contribution in [3.8, 4) is 0 Å². The van der Waals surface area contributed by atoms with E-state index in [1.54, 1.807) is 13.8 Å². The minimum Gasteiger partial charge on any atom is -0.373 e. The van der Waals surface area contributed by atoms with Gasteiger partial charge in [0.25, 0.3) is 0 Å². The Labute approximate surface area is 143 Å². The van der Waals surface area contributed by atoms with Crippen molar-refractivity contribution >= 4 is 17.7 Å². The number of primary amides is 1. The molecule has 0 aromatic rings. The lowest BCUT2D eigenvalue weighted by Crippen LogP contribution is -2.51. The summed E-state index contributed by atoms with van der Waals surface area (Å²) in [5.74, 6) is -3.25. The third-order valence-electron chi connectivity index (χ3n) is 4.22. The summed E-state index contributed by atoms with van der Waals surface area (Å²) in [6, 6.07) is 0.154. The van der Waals surface area contributed by atoms with Gasteiger partial charge >= 0.3 is 0 Å². The lowest BCUT2D eigenvalue weighted by molar-refractivity contribution is -0.143. The van der Waals surface area contributed by atoms with E-state index < -0.39 is 35.3 Å². The molecule has 0 bridgehead atoms. The first kappa shape index (κ1) is 20.4. The standard InChI is InChI=1S/C17H31N3O4/c1-9(2)14(22)20-15(23)11(8-12(18)21)13(17(3,4)5)16(24)19-10-6-7-10/h9-11,13-14,22H,6-8H2,1-5H3,(H2,18,21)(H,19,24)(H,20,23). The maximum Gasteiger partial charge on any atom is 0.226 e. The fourth-order valence-electron chi connectivity index (χ4n) is 2.70. The third kappa shape index (κ3) is 6.11. The van der Waals surface area contributed by atoms with Crippen LogP contribution >= 0.6 is 0 Å². The molecule has 5 N–H and O–H groups in total. The molecule has 0 heterocycles. The largest absolute Gasteiger partial charge is 0.373 e. The highest BCUT2D eigenvalue weighted by atomic mass is 16.3. The predicted molar refractivity (Wildman–Crippen MR) is 90.4 cm³/mol. The number of nitrogens with one attached hydrogen (secondary N) is 2. The van der Waals surface area contributed by atoms with E-state index >= 15 is 0 Å². The molecule has 0 radical (unpaired) electrons. The van der Waals surface area contributed by atoms with Crippen molar-refractivity contribution in [2.24, 2.45) is 28.9 Å². The zero-order valence-corrected chi connectivity index (χ0v) is 15.3. The molecule has 3 amide bonds. The molecule has 1 saturated carbocycles. The maximum absolute atomic E-state index is 12.7. The summed E-state index contributed by atoms with van der Waals surface area (Å²) in [6.45, 7) is 9.07. The Hall–Kier alpha value is -1.63. The van der Waals surface area contributed by atoms with Crippen LogP contribution in [0.5, 0.6) is 0 Å². The van der Waals surface area contributed by atoms with Crippen molar-refractivity contribution in [3.63, 3.8) is 0 Å². The van der Waals surface area contributed by atoms with Gasteiger partial charge in [-0.2, -0.15) is 0 Å². The zero-order chi connectivity index (χ0) is 18.7. The second-order valence-corrected chi connectivity index (χ2v) is 8.10. The monoisotopic (exact) mass is 341 g/mol. The highest BCUT2D eigenvalue weighted by Crippen LogP contribution is 2.35. The van der Waals surface area contributed by atoms with Gasteiger partial charge in [0.05, 0.1) is 11.8 Å². The molecule has 3 unspecified atom stereocenters. The third-order valence-corrected chi connectivity index (χ3v) is 4.22. The molecule has 1 aliphatic carbocycles. The highest BCUT2D eigenvalue weighted by molar-refractivity contribution is 5.91. The first-order valence-electron chi connectivity index (χ1n) is 8.50. The number of amides is 3. The summed E-state index contributed by atoms with van der Waals surface area (Å²) in [4.78, 5) is 36.8. The van der Waals surface area contributed by atoms with Crippen molar-refractivity contribution in [3.05, 3.63) is 0 Å². The summed E-state index contributed by atoms with van der Waals surface area (Å²) < 4.78 is 0. The number of carbonyl (C=O) groups is 3. The molecule has 0 aromatic carbocycles. The Bertz CT molecular complexity index is 481. The normalized spacial score (nSPS) is 18.6. The summed E-state index contributed by atoms with van der Waals surface area (Å²) in [5, 5.41) is 15.3. The Morgan fingerprint density at radius 2 is 1.71 bits per heavy atom. The maximum atomic E-state index is 12.7. The van der Waals surface area contributed by atoms with E-state index in [0.717, 1.165) is 12.8 Å². The summed E-state index contributed by atoms with van der Waals surface area (Å²) in [7, 11) is 0. The van der Waals surface area contributed by atoms with Crippen molar-refractivity contribution in [2.75, 3.05) is 0 Å². The van der Waals surface area contributed by atoms with E-state index in [9.17, 15) is 19.5 Å². The smallest absolute Gasteiger partial charge is 0.226 e. The summed E-state index contributed by atoms with van der Waals surface area (Å²) in [5.41, 5.74) is 4.76. The predicted octanol–water partition coefficient (Wildman–Crippen LogP) is 0.510. The van der Waals surface area contributed by atoms with Crippen molar-refractivity contribution < 1.29 is 19.5 Å². The lowest BCUT2D eigenvalue weighted by Gasteiger charge is -2.35. The van der Waals surface area contributed by atoms with Gasteiger partial charge < -0.3 is 21.5 Å². The second-order valence-electron chi connectivity index (χ2n) is 8.10. The molecular weight excluding hydrogens is 310 g/mol. The van der Waals surface area contributed by atoms with Gasteiger partial charge in [0, 0.05) is 12.5 Å². The van der Waals surface area contributed by atoms with Crippen LogP contribution in [-0.4, -0.2) is 35.1 Å². The molecule has 24 heavy (non-hydrogen) atoms. The Kier molecular flexibility index (Phi) is 6.77. The lowest BCUT2D eigenvalue weighted by atomic mass is 9.70. The highest BCUT2D eigenvalue weighted by Gasteiger charge is 2.44. The molecule has 0 spiro atoms. The number of rotatable bonds is 8. The van der Waals surface area contributed by atoms with E-state index in [4.69, 9.17) is 5.73 Å². The molecular formula is C17H31N3O4. The Morgan fingerprint density at radius 1 is 1.17 bits per heavy atom. The number of aliphatic hydroxyl groups is 1. The van der Waals surface area contributed by atoms with E-state index in [2.05, 4.69) is 10.6 Å². The molecule has 0 saturated heterocycles. The molecule has 0 aliphatic heterocycles. The van der Waals surface area contributed by atoms with Crippen LogP contribution in [0.3, 0.4) is 0 Å². The molecule has 7 nitrogen and oxygen atoms in total. The fraction of sp³-hybridized carbons (Fsp3) is 0.824. The van der Waals surface area contributed by atoms with Gasteiger partial charge in [-0.15, -0.1) is 0 Å². The van der Waals surface area contributed by atoms with Crippen molar-refractivity contribution in [1.29, 1.82) is 0 Å². The SMILES string of the molecule is CC(C)C(O)NC(=O)C(CC(N)=O)C(C(=O)NC1CC1)C(C)(C)C. The van der Waals surface area contributed by atoms with E-state index in [-0.39, 0.29) is 24.3 Å².